The van der Waals surface area contributed by atoms with Crippen molar-refractivity contribution in [1.82, 2.24) is 14.5 Å². The number of benzene rings is 2. The van der Waals surface area contributed by atoms with Crippen LogP contribution in [-0.2, 0) is 11.3 Å². The van der Waals surface area contributed by atoms with Crippen molar-refractivity contribution >= 4 is 45.0 Å². The highest BCUT2D eigenvalue weighted by atomic mass is 32.2. The number of fused-ring (bicyclic) bond motifs is 1. The fourth-order valence-corrected chi connectivity index (χ4v) is 4.66. The molecule has 8 heteroatoms. The average molecular weight is 449 g/mol. The normalized spacial score (nSPS) is 11.9. The number of aromatic nitrogens is 3. The van der Waals surface area contributed by atoms with E-state index in [1.807, 2.05) is 47.8 Å². The van der Waals surface area contributed by atoms with E-state index in [0.29, 0.717) is 27.7 Å². The van der Waals surface area contributed by atoms with Crippen molar-refractivity contribution in [2.24, 2.45) is 0 Å². The van der Waals surface area contributed by atoms with Crippen LogP contribution >= 0.6 is 23.1 Å². The Morgan fingerprint density at radius 3 is 2.71 bits per heavy atom. The molecule has 0 bridgehead atoms. The van der Waals surface area contributed by atoms with E-state index in [-0.39, 0.29) is 11.5 Å². The lowest BCUT2D eigenvalue weighted by Crippen LogP contribution is -2.26. The van der Waals surface area contributed by atoms with Crippen molar-refractivity contribution in [2.75, 3.05) is 5.32 Å². The van der Waals surface area contributed by atoms with Crippen LogP contribution in [0.3, 0.4) is 0 Å². The van der Waals surface area contributed by atoms with Gasteiger partial charge in [-0.3, -0.25) is 14.2 Å². The second-order valence-corrected chi connectivity index (χ2v) is 8.94. The summed E-state index contributed by atoms with van der Waals surface area (Å²) in [6, 6.07) is 17.0. The maximum absolute atomic E-state index is 12.9. The molecule has 4 rings (SSSR count). The molecular weight excluding hydrogens is 428 g/mol. The molecular formula is C23H20N4O2S2. The van der Waals surface area contributed by atoms with E-state index < -0.39 is 5.25 Å². The highest BCUT2D eigenvalue weighted by Gasteiger charge is 2.20. The fraction of sp³-hybridized carbons (Fsp3) is 0.130. The van der Waals surface area contributed by atoms with Gasteiger partial charge in [-0.05, 0) is 19.1 Å². The van der Waals surface area contributed by atoms with Gasteiger partial charge in [-0.15, -0.1) is 17.9 Å². The number of hydrogen-bond acceptors (Lipinski definition) is 6. The Hall–Kier alpha value is -3.23. The number of thiazole rings is 1. The van der Waals surface area contributed by atoms with E-state index in [9.17, 15) is 9.59 Å². The first kappa shape index (κ1) is 21.0. The van der Waals surface area contributed by atoms with Gasteiger partial charge in [0.1, 0.15) is 0 Å². The van der Waals surface area contributed by atoms with Gasteiger partial charge in [-0.2, -0.15) is 0 Å². The molecule has 2 heterocycles. The Balaban J connectivity index is 1.53. The summed E-state index contributed by atoms with van der Waals surface area (Å²) in [5, 5.41) is 5.86. The Kier molecular flexibility index (Phi) is 6.29. The minimum atomic E-state index is -0.479. The molecule has 0 spiro atoms. The predicted molar refractivity (Wildman–Crippen MR) is 128 cm³/mol. The Bertz CT molecular complexity index is 1300. The molecule has 31 heavy (non-hydrogen) atoms. The van der Waals surface area contributed by atoms with E-state index in [2.05, 4.69) is 21.9 Å². The number of allylic oxidation sites excluding steroid dienone is 1. The zero-order chi connectivity index (χ0) is 21.8. The highest BCUT2D eigenvalue weighted by molar-refractivity contribution is 8.00. The SMILES string of the molecule is C=CCn1c(S[C@H](C)C(=O)Nc2nc(-c3ccccc3)cs2)nc2ccccc2c1=O. The average Bonchev–Trinajstić information content (AvgIpc) is 3.25. The molecule has 1 N–H and O–H groups in total. The second-order valence-electron chi connectivity index (χ2n) is 6.77. The van der Waals surface area contributed by atoms with Gasteiger partial charge in [0.2, 0.25) is 5.91 Å². The molecule has 6 nitrogen and oxygen atoms in total. The molecule has 0 aliphatic carbocycles. The van der Waals surface area contributed by atoms with Gasteiger partial charge in [-0.25, -0.2) is 9.97 Å². The minimum Gasteiger partial charge on any atom is -0.301 e. The highest BCUT2D eigenvalue weighted by Crippen LogP contribution is 2.27. The molecule has 2 aromatic carbocycles. The summed E-state index contributed by atoms with van der Waals surface area (Å²) in [5.41, 5.74) is 2.27. The summed E-state index contributed by atoms with van der Waals surface area (Å²) < 4.78 is 1.54. The van der Waals surface area contributed by atoms with Gasteiger partial charge in [0.15, 0.2) is 10.3 Å². The maximum Gasteiger partial charge on any atom is 0.262 e. The molecule has 0 aliphatic rings. The smallest absolute Gasteiger partial charge is 0.262 e. The maximum atomic E-state index is 12.9. The third kappa shape index (κ3) is 4.60. The zero-order valence-electron chi connectivity index (χ0n) is 16.8. The Labute approximate surface area is 187 Å². The van der Waals surface area contributed by atoms with Crippen LogP contribution in [0.4, 0.5) is 5.13 Å². The molecule has 2 aromatic heterocycles. The van der Waals surface area contributed by atoms with Crippen LogP contribution in [0.5, 0.6) is 0 Å². The van der Waals surface area contributed by atoms with Crippen molar-refractivity contribution in [3.05, 3.63) is 83.0 Å². The first-order valence-corrected chi connectivity index (χ1v) is 11.4. The Morgan fingerprint density at radius 2 is 1.94 bits per heavy atom. The van der Waals surface area contributed by atoms with Crippen LogP contribution in [0.15, 0.2) is 82.6 Å². The van der Waals surface area contributed by atoms with E-state index in [1.165, 1.54) is 23.1 Å². The monoisotopic (exact) mass is 448 g/mol. The van der Waals surface area contributed by atoms with Crippen LogP contribution < -0.4 is 10.9 Å². The predicted octanol–water partition coefficient (Wildman–Crippen LogP) is 4.83. The van der Waals surface area contributed by atoms with Gasteiger partial charge in [0.05, 0.1) is 21.8 Å². The molecule has 1 atom stereocenters. The molecule has 0 saturated carbocycles. The zero-order valence-corrected chi connectivity index (χ0v) is 18.5. The number of para-hydroxylation sites is 1. The molecule has 0 aliphatic heterocycles. The lowest BCUT2D eigenvalue weighted by atomic mass is 10.2. The topological polar surface area (TPSA) is 76.9 Å². The number of amides is 1. The summed E-state index contributed by atoms with van der Waals surface area (Å²) in [7, 11) is 0. The summed E-state index contributed by atoms with van der Waals surface area (Å²) in [5.74, 6) is -0.202. The van der Waals surface area contributed by atoms with E-state index in [4.69, 9.17) is 0 Å². The largest absolute Gasteiger partial charge is 0.301 e. The minimum absolute atomic E-state index is 0.145. The number of hydrogen-bond donors (Lipinski definition) is 1. The first-order valence-electron chi connectivity index (χ1n) is 9.66. The van der Waals surface area contributed by atoms with Crippen LogP contribution in [0.25, 0.3) is 22.2 Å². The fourth-order valence-electron chi connectivity index (χ4n) is 3.02. The number of nitrogens with zero attached hydrogens (tertiary/aromatic N) is 3. The van der Waals surface area contributed by atoms with E-state index in [1.54, 1.807) is 29.7 Å². The summed E-state index contributed by atoms with van der Waals surface area (Å²) in [4.78, 5) is 34.8. The number of nitrogens with one attached hydrogen (secondary N) is 1. The second kappa shape index (κ2) is 9.28. The molecule has 0 fully saturated rings. The van der Waals surface area contributed by atoms with Gasteiger partial charge in [0.25, 0.3) is 5.56 Å². The molecule has 4 aromatic rings. The molecule has 0 radical (unpaired) electrons. The van der Waals surface area contributed by atoms with Crippen molar-refractivity contribution in [3.63, 3.8) is 0 Å². The van der Waals surface area contributed by atoms with Crippen LogP contribution in [0, 0.1) is 0 Å². The van der Waals surface area contributed by atoms with Crippen LogP contribution in [-0.4, -0.2) is 25.7 Å². The molecule has 1 amide bonds. The standard InChI is InChI=1S/C23H20N4O2S2/c1-3-13-27-21(29)17-11-7-8-12-18(17)25-23(27)31-15(2)20(28)26-22-24-19(14-30-22)16-9-5-4-6-10-16/h3-12,14-15H,1,13H2,2H3,(H,24,26,28)/t15-/m1/s1. The molecule has 0 saturated heterocycles. The van der Waals surface area contributed by atoms with E-state index >= 15 is 0 Å². The quantitative estimate of drug-likeness (QED) is 0.249. The van der Waals surface area contributed by atoms with Gasteiger partial charge in [0, 0.05) is 17.5 Å². The summed E-state index contributed by atoms with van der Waals surface area (Å²) in [6.07, 6.45) is 1.65. The molecule has 0 unspecified atom stereocenters. The van der Waals surface area contributed by atoms with Gasteiger partial charge < -0.3 is 5.32 Å². The third-order valence-corrected chi connectivity index (χ3v) is 6.44. The molecule has 156 valence electrons. The van der Waals surface area contributed by atoms with Crippen molar-refractivity contribution in [3.8, 4) is 11.3 Å². The van der Waals surface area contributed by atoms with Gasteiger partial charge >= 0.3 is 0 Å². The van der Waals surface area contributed by atoms with Crippen LogP contribution in [0.1, 0.15) is 6.92 Å². The van der Waals surface area contributed by atoms with Crippen molar-refractivity contribution in [2.45, 2.75) is 23.9 Å². The van der Waals surface area contributed by atoms with Crippen molar-refractivity contribution in [1.29, 1.82) is 0 Å². The lowest BCUT2D eigenvalue weighted by Gasteiger charge is -2.15. The summed E-state index contributed by atoms with van der Waals surface area (Å²) >= 11 is 2.61. The number of anilines is 1. The Morgan fingerprint density at radius 1 is 1.19 bits per heavy atom. The number of rotatable bonds is 7. The third-order valence-electron chi connectivity index (χ3n) is 4.59. The lowest BCUT2D eigenvalue weighted by molar-refractivity contribution is -0.115. The number of carbonyl (C=O) groups is 1. The summed E-state index contributed by atoms with van der Waals surface area (Å²) in [6.45, 7) is 5.84. The first-order chi connectivity index (χ1) is 15.1. The number of thioether (sulfide) groups is 1. The van der Waals surface area contributed by atoms with Crippen molar-refractivity contribution < 1.29 is 4.79 Å². The number of carbonyl (C=O) groups excluding carboxylic acids is 1. The van der Waals surface area contributed by atoms with E-state index in [0.717, 1.165) is 11.3 Å². The van der Waals surface area contributed by atoms with Crippen LogP contribution in [0.2, 0.25) is 0 Å². The van der Waals surface area contributed by atoms with Gasteiger partial charge in [-0.1, -0.05) is 60.3 Å².